The molecule has 0 amide bonds. The van der Waals surface area contributed by atoms with Crippen LogP contribution in [-0.4, -0.2) is 162 Å². The fourth-order valence-corrected chi connectivity index (χ4v) is 26.9. The molecule has 3 N–H and O–H groups in total. The van der Waals surface area contributed by atoms with Crippen LogP contribution < -0.4 is 24.7 Å². The van der Waals surface area contributed by atoms with Gasteiger partial charge in [-0.15, -0.1) is 56.7 Å². The quantitative estimate of drug-likeness (QED) is 0.0312. The van der Waals surface area contributed by atoms with Crippen LogP contribution >= 0.6 is 83.3 Å². The van der Waals surface area contributed by atoms with E-state index >= 15 is 0 Å². The Labute approximate surface area is 715 Å². The molecular weight excluding hydrogens is 1760 g/mol. The normalized spacial score (nSPS) is 11.6. The monoisotopic (exact) mass is 1850 g/mol. The first kappa shape index (κ1) is 95.1. The number of nitrogen functional groups attached to an aromatic ring is 1. The van der Waals surface area contributed by atoms with Crippen LogP contribution in [0.4, 0.5) is 22.7 Å². The first-order valence-corrected chi connectivity index (χ1v) is 49.3. The van der Waals surface area contributed by atoms with Gasteiger partial charge in [0.2, 0.25) is 0 Å². The van der Waals surface area contributed by atoms with E-state index in [-0.39, 0.29) is 44.0 Å². The van der Waals surface area contributed by atoms with Crippen molar-refractivity contribution in [3.05, 3.63) is 246 Å². The highest BCUT2D eigenvalue weighted by Crippen LogP contribution is 2.50. The van der Waals surface area contributed by atoms with Crippen molar-refractivity contribution in [3.63, 3.8) is 0 Å². The number of anilines is 1. The van der Waals surface area contributed by atoms with E-state index in [0.717, 1.165) is 101 Å². The number of rotatable bonds is 30. The van der Waals surface area contributed by atoms with Gasteiger partial charge in [0.1, 0.15) is 26.6 Å². The molecule has 0 saturated carbocycles. The van der Waals surface area contributed by atoms with E-state index < -0.39 is 49.1 Å². The van der Waals surface area contributed by atoms with Crippen LogP contribution in [-0.2, 0) is 49.1 Å². The second-order valence-electron chi connectivity index (χ2n) is 24.2. The van der Waals surface area contributed by atoms with Gasteiger partial charge in [0.25, 0.3) is 49.1 Å². The van der Waals surface area contributed by atoms with Crippen LogP contribution in [0.1, 0.15) is 98.5 Å². The zero-order chi connectivity index (χ0) is 85.3. The number of methoxy groups -OCH3 is 4. The molecule has 6 aromatic carbocycles. The molecule has 0 atom stereocenters. The third kappa shape index (κ3) is 23.1. The lowest BCUT2D eigenvalue weighted by atomic mass is 10.0. The summed E-state index contributed by atoms with van der Waals surface area (Å²) in [6.45, 7) is 21.1. The summed E-state index contributed by atoms with van der Waals surface area (Å²) in [5.41, 5.74) is 15.1. The van der Waals surface area contributed by atoms with E-state index in [4.69, 9.17) is 50.3 Å². The van der Waals surface area contributed by atoms with Gasteiger partial charge >= 0.3 is 0 Å². The minimum atomic E-state index is -3.68. The van der Waals surface area contributed by atoms with Crippen LogP contribution in [0.15, 0.2) is 239 Å². The molecule has 0 bridgehead atoms. The number of hydrogen-bond donors (Lipinski definition) is 2. The molecule has 0 unspecified atom stereocenters. The molecular formula is C81H94BrClN8O15S10. The maximum atomic E-state index is 13.2. The fraction of sp³-hybridized carbons (Fsp3) is 0.272. The molecule has 0 aliphatic carbocycles. The maximum absolute atomic E-state index is 13.2. The smallest absolute Gasteiger partial charge is 0.274 e. The van der Waals surface area contributed by atoms with Crippen LogP contribution in [0.25, 0.3) is 0 Å². The summed E-state index contributed by atoms with van der Waals surface area (Å²) >= 11 is 9.01. The minimum Gasteiger partial charge on any atom is -0.504 e. The minimum absolute atomic E-state index is 0.0571. The molecule has 622 valence electrons. The number of aromatic hydroxyl groups is 1. The summed E-state index contributed by atoms with van der Waals surface area (Å²) in [5.74, 6) is 0.808. The number of halogens is 2. The van der Waals surface area contributed by atoms with Gasteiger partial charge in [0.15, 0.2) is 44.0 Å². The first-order valence-electron chi connectivity index (χ1n) is 36.2. The summed E-state index contributed by atoms with van der Waals surface area (Å²) in [7, 11) is -7.29. The number of nitrogens with zero attached hydrogens (tertiary/aromatic N) is 7. The molecule has 11 aromatic rings. The van der Waals surface area contributed by atoms with Crippen molar-refractivity contribution in [2.45, 2.75) is 90.3 Å². The van der Waals surface area contributed by atoms with Gasteiger partial charge in [-0.1, -0.05) is 237 Å². The van der Waals surface area contributed by atoms with Crippen molar-refractivity contribution in [1.82, 2.24) is 17.2 Å². The molecule has 11 rings (SSSR count). The van der Waals surface area contributed by atoms with Gasteiger partial charge < -0.3 is 29.8 Å². The Morgan fingerprint density at radius 3 is 1.00 bits per heavy atom. The lowest BCUT2D eigenvalue weighted by molar-refractivity contribution is 0.400. The van der Waals surface area contributed by atoms with E-state index in [0.29, 0.717) is 89.6 Å². The molecule has 5 aromatic heterocycles. The van der Waals surface area contributed by atoms with Crippen molar-refractivity contribution in [2.24, 2.45) is 15.0 Å². The topological polar surface area (TPSA) is 304 Å². The van der Waals surface area contributed by atoms with E-state index in [1.165, 1.54) is 57.0 Å². The van der Waals surface area contributed by atoms with Crippen molar-refractivity contribution in [3.8, 4) is 28.7 Å². The number of hydrogen-bond acceptors (Lipinski definition) is 24. The number of sulfonamides is 4. The third-order valence-electron chi connectivity index (χ3n) is 17.2. The van der Waals surface area contributed by atoms with E-state index in [1.54, 1.807) is 37.6 Å². The molecule has 0 spiro atoms. The van der Waals surface area contributed by atoms with Gasteiger partial charge in [-0.3, -0.25) is 0 Å². The van der Waals surface area contributed by atoms with Crippen molar-refractivity contribution < 1.29 is 66.1 Å². The maximum Gasteiger partial charge on any atom is 0.274 e. The number of thiophene rings is 5. The molecule has 0 aliphatic rings. The van der Waals surface area contributed by atoms with E-state index in [2.05, 4.69) is 15.9 Å². The first-order chi connectivity index (χ1) is 55.3. The van der Waals surface area contributed by atoms with Gasteiger partial charge in [-0.2, -0.15) is 17.2 Å². The molecule has 116 heavy (non-hydrogen) atoms. The third-order valence-corrected chi connectivity index (χ3v) is 35.4. The highest BCUT2D eigenvalue weighted by atomic mass is 79.9. The summed E-state index contributed by atoms with van der Waals surface area (Å²) < 4.78 is 153. The predicted molar refractivity (Wildman–Crippen MR) is 479 cm³/mol. The second-order valence-corrected chi connectivity index (χ2v) is 42.0. The average Bonchev–Trinajstić information content (AvgIpc) is 1.63. The number of benzene rings is 6. The number of nitrogens with two attached hydrogens (primary N) is 1. The van der Waals surface area contributed by atoms with Crippen LogP contribution in [0.5, 0.6) is 28.7 Å². The standard InChI is InChI=1S/C23H26N2O3S2.C22H23BrN2O3S2.C22H24N2O3S2.C9H16N2O3S2.C5H5ClO3S2/c1-5-25(6-2)30(26,27)23-22(28-4)20(17(3)29-23)24-21(18-13-9-7-10-14-18)19-15-11-8-12-16-19;1-4-25(5-2)30(26,27)22-20(28-3)19(21(23)29-22)24-18(16-12-8-6-9-13-16)17-14-10-7-11-15-17;1-4-24(5-2)29(25,26)22-21(27-3)19(16-28-22)23-20(17-12-8-6-9-13-17)18-14-10-7-11-15-18;1-4-11(5-2)16(13,14)9-8(12)7(10)6(3)15-9;1-9-4-2-3-10-5(4)11(6,7)8/h7-16H,5-6H2,1-4H3;6-15H,4-5H2,1-3H3;6-16H,4-5H2,1-3H3;12H,4-5,10H2,1-3H3;2-3H,1H3. The molecule has 5 heterocycles. The SMILES string of the molecule is CCN(CC)S(=O)(=O)c1sc(Br)c(N=C(c2ccccc2)c2ccccc2)c1OC.CCN(CC)S(=O)(=O)c1sc(C)c(N)c1O.CCN(CC)S(=O)(=O)c1sc(C)c(N=C(c2ccccc2)c2ccccc2)c1OC.CCN(CC)S(=O)(=O)c1scc(N=C(c2ccccc2)c2ccccc2)c1OC.COc1ccsc1S(=O)(=O)Cl. The summed E-state index contributed by atoms with van der Waals surface area (Å²) in [6, 6.07) is 60.5. The lowest BCUT2D eigenvalue weighted by Crippen LogP contribution is -2.30. The Bertz CT molecular complexity index is 5400. The van der Waals surface area contributed by atoms with Crippen molar-refractivity contribution in [1.29, 1.82) is 0 Å². The zero-order valence-electron chi connectivity index (χ0n) is 66.4. The van der Waals surface area contributed by atoms with Gasteiger partial charge in [-0.05, 0) is 41.2 Å². The zero-order valence-corrected chi connectivity index (χ0v) is 76.9. The number of aliphatic imine (C=N–C) groups is 3. The van der Waals surface area contributed by atoms with E-state index in [9.17, 15) is 47.2 Å². The Hall–Kier alpha value is -8.01. The van der Waals surface area contributed by atoms with Gasteiger partial charge in [0.05, 0.1) is 51.3 Å². The molecule has 35 heteroatoms. The summed E-state index contributed by atoms with van der Waals surface area (Å²) in [4.78, 5) is 16.1. The van der Waals surface area contributed by atoms with Crippen molar-refractivity contribution in [2.75, 3.05) is 86.5 Å². The molecule has 0 saturated heterocycles. The highest BCUT2D eigenvalue weighted by molar-refractivity contribution is 9.11. The van der Waals surface area contributed by atoms with E-state index in [1.807, 2.05) is 230 Å². The number of ether oxygens (including phenoxy) is 4. The Morgan fingerprint density at radius 2 is 0.698 bits per heavy atom. The molecule has 0 fully saturated rings. The lowest BCUT2D eigenvalue weighted by Gasteiger charge is -2.18. The predicted octanol–water partition coefficient (Wildman–Crippen LogP) is 19.0. The summed E-state index contributed by atoms with van der Waals surface area (Å²) in [5, 5.41) is 13.0. The summed E-state index contributed by atoms with van der Waals surface area (Å²) in [6.07, 6.45) is 0. The van der Waals surface area contributed by atoms with Crippen molar-refractivity contribution >= 4 is 172 Å². The Kier molecular flexibility index (Phi) is 36.2. The van der Waals surface area contributed by atoms with Crippen LogP contribution in [0, 0.1) is 13.8 Å². The second kappa shape index (κ2) is 44.2. The molecule has 0 radical (unpaired) electrons. The number of aryl methyl sites for hydroxylation is 2. The van der Waals surface area contributed by atoms with Gasteiger partial charge in [0, 0.05) is 112 Å². The van der Waals surface area contributed by atoms with Crippen LogP contribution in [0.2, 0.25) is 0 Å². The Morgan fingerprint density at radius 1 is 0.397 bits per heavy atom. The molecule has 0 aliphatic heterocycles. The van der Waals surface area contributed by atoms with Crippen LogP contribution in [0.3, 0.4) is 0 Å². The average molecular weight is 1860 g/mol. The van der Waals surface area contributed by atoms with Gasteiger partial charge in [-0.25, -0.2) is 57.1 Å². The fourth-order valence-electron chi connectivity index (χ4n) is 11.4. The molecule has 23 nitrogen and oxygen atoms in total. The Balaban J connectivity index is 0.000000208. The largest absolute Gasteiger partial charge is 0.504 e. The highest BCUT2D eigenvalue weighted by Gasteiger charge is 2.35.